The molecule has 1 N–H and O–H groups in total. The zero-order valence-corrected chi connectivity index (χ0v) is 12.5. The molecule has 1 aromatic heterocycles. The average Bonchev–Trinajstić information content (AvgIpc) is 2.40. The summed E-state index contributed by atoms with van der Waals surface area (Å²) < 4.78 is 12.1. The second kappa shape index (κ2) is 5.75. The second-order valence-electron chi connectivity index (χ2n) is 4.83. The van der Waals surface area contributed by atoms with Crippen molar-refractivity contribution in [2.45, 2.75) is 18.8 Å². The van der Waals surface area contributed by atoms with E-state index in [1.165, 1.54) is 0 Å². The molecule has 2 aliphatic rings. The molecule has 5 nitrogen and oxygen atoms in total. The van der Waals surface area contributed by atoms with Crippen LogP contribution in [0.1, 0.15) is 18.1 Å². The smallest absolute Gasteiger partial charge is 0.220 e. The minimum absolute atomic E-state index is 0.107. The van der Waals surface area contributed by atoms with Crippen molar-refractivity contribution in [2.75, 3.05) is 33.3 Å². The molecule has 6 heteroatoms. The molecule has 3 heterocycles. The van der Waals surface area contributed by atoms with E-state index < -0.39 is 0 Å². The summed E-state index contributed by atoms with van der Waals surface area (Å²) in [5.74, 6) is 0.651. The Morgan fingerprint density at radius 1 is 1.42 bits per heavy atom. The van der Waals surface area contributed by atoms with Crippen LogP contribution < -0.4 is 10.1 Å². The number of pyridine rings is 1. The molecule has 0 spiro atoms. The molecule has 0 aromatic carbocycles. The Kier molecular flexibility index (Phi) is 4.02. The van der Waals surface area contributed by atoms with Crippen LogP contribution in [0.3, 0.4) is 0 Å². The Morgan fingerprint density at radius 3 is 2.84 bits per heavy atom. The number of ether oxygens (including phenoxy) is 2. The maximum absolute atomic E-state index is 6.01. The Hall–Kier alpha value is -0.690. The zero-order valence-electron chi connectivity index (χ0n) is 10.9. The normalized spacial score (nSPS) is 27.9. The number of piperazine rings is 1. The third-order valence-corrected chi connectivity index (χ3v) is 4.13. The maximum Gasteiger partial charge on any atom is 0.220 e. The van der Waals surface area contributed by atoms with Gasteiger partial charge in [-0.1, -0.05) is 0 Å². The fourth-order valence-corrected chi connectivity index (χ4v) is 2.90. The van der Waals surface area contributed by atoms with Crippen LogP contribution in [0.4, 0.5) is 0 Å². The molecule has 2 unspecified atom stereocenters. The van der Waals surface area contributed by atoms with Crippen molar-refractivity contribution < 1.29 is 9.47 Å². The zero-order chi connectivity index (χ0) is 13.2. The molecular formula is C13H18BrN3O2. The van der Waals surface area contributed by atoms with Crippen LogP contribution in [0.2, 0.25) is 0 Å². The molecule has 0 radical (unpaired) electrons. The topological polar surface area (TPSA) is 46.6 Å². The molecule has 19 heavy (non-hydrogen) atoms. The maximum atomic E-state index is 6.01. The number of aromatic nitrogens is 1. The van der Waals surface area contributed by atoms with Gasteiger partial charge in [0, 0.05) is 38.2 Å². The fourth-order valence-electron chi connectivity index (χ4n) is 2.60. The van der Waals surface area contributed by atoms with Gasteiger partial charge in [0.25, 0.3) is 0 Å². The number of halogens is 1. The largest absolute Gasteiger partial charge is 0.481 e. The van der Waals surface area contributed by atoms with Gasteiger partial charge in [-0.2, -0.15) is 0 Å². The number of hydrogen-bond donors (Lipinski definition) is 1. The predicted molar refractivity (Wildman–Crippen MR) is 75.2 cm³/mol. The number of nitrogens with one attached hydrogen (secondary N) is 1. The van der Waals surface area contributed by atoms with Crippen LogP contribution in [-0.2, 0) is 4.74 Å². The summed E-state index contributed by atoms with van der Waals surface area (Å²) in [4.78, 5) is 6.72. The highest BCUT2D eigenvalue weighted by Crippen LogP contribution is 2.40. The first-order valence-corrected chi connectivity index (χ1v) is 7.38. The van der Waals surface area contributed by atoms with E-state index in [2.05, 4.69) is 31.1 Å². The highest BCUT2D eigenvalue weighted by atomic mass is 79.9. The van der Waals surface area contributed by atoms with E-state index in [1.54, 1.807) is 7.11 Å². The van der Waals surface area contributed by atoms with Gasteiger partial charge in [-0.15, -0.1) is 0 Å². The molecule has 1 aromatic rings. The molecule has 0 amide bonds. The van der Waals surface area contributed by atoms with Gasteiger partial charge in [0.2, 0.25) is 5.88 Å². The monoisotopic (exact) mass is 327 g/mol. The molecule has 3 rings (SSSR count). The van der Waals surface area contributed by atoms with Crippen LogP contribution >= 0.6 is 15.9 Å². The molecule has 2 atom stereocenters. The molecule has 0 saturated carbocycles. The van der Waals surface area contributed by atoms with E-state index in [9.17, 15) is 0 Å². The lowest BCUT2D eigenvalue weighted by Crippen LogP contribution is -2.53. The van der Waals surface area contributed by atoms with Crippen LogP contribution in [-0.4, -0.2) is 49.4 Å². The first-order chi connectivity index (χ1) is 9.28. The van der Waals surface area contributed by atoms with Crippen molar-refractivity contribution in [1.82, 2.24) is 15.2 Å². The lowest BCUT2D eigenvalue weighted by molar-refractivity contribution is -0.203. The summed E-state index contributed by atoms with van der Waals surface area (Å²) in [7, 11) is 1.64. The summed E-state index contributed by atoms with van der Waals surface area (Å²) in [6, 6.07) is 3.95. The molecule has 104 valence electrons. The molecule has 0 aliphatic carbocycles. The van der Waals surface area contributed by atoms with E-state index >= 15 is 0 Å². The highest BCUT2D eigenvalue weighted by Gasteiger charge is 2.37. The van der Waals surface area contributed by atoms with Gasteiger partial charge in [0.05, 0.1) is 13.2 Å². The summed E-state index contributed by atoms with van der Waals surface area (Å²) in [5, 5.41) is 3.35. The van der Waals surface area contributed by atoms with E-state index in [-0.39, 0.29) is 12.3 Å². The summed E-state index contributed by atoms with van der Waals surface area (Å²) in [6.07, 6.45) is 1.37. The van der Waals surface area contributed by atoms with Crippen molar-refractivity contribution in [3.05, 3.63) is 22.3 Å². The fraction of sp³-hybridized carbons (Fsp3) is 0.615. The van der Waals surface area contributed by atoms with E-state index in [0.29, 0.717) is 5.88 Å². The first-order valence-electron chi connectivity index (χ1n) is 6.58. The van der Waals surface area contributed by atoms with Crippen molar-refractivity contribution in [2.24, 2.45) is 0 Å². The Labute approximate surface area is 121 Å². The van der Waals surface area contributed by atoms with Gasteiger partial charge >= 0.3 is 0 Å². The standard InChI is InChI=1S/C13H18BrN3O2/c1-18-13-9(2-3-11(14)16-13)10-8-12(19-10)17-6-4-15-5-7-17/h2-3,10,12,15H,4-8H2,1H3. The quantitative estimate of drug-likeness (QED) is 0.853. The van der Waals surface area contributed by atoms with Crippen molar-refractivity contribution in [3.8, 4) is 5.88 Å². The van der Waals surface area contributed by atoms with E-state index in [1.807, 2.05) is 12.1 Å². The van der Waals surface area contributed by atoms with Gasteiger partial charge in [0.15, 0.2) is 0 Å². The van der Waals surface area contributed by atoms with Gasteiger partial charge in [0.1, 0.15) is 10.8 Å². The second-order valence-corrected chi connectivity index (χ2v) is 5.65. The Bertz CT molecular complexity index is 446. The van der Waals surface area contributed by atoms with Gasteiger partial charge in [-0.05, 0) is 28.1 Å². The van der Waals surface area contributed by atoms with E-state index in [4.69, 9.17) is 9.47 Å². The minimum Gasteiger partial charge on any atom is -0.481 e. The Morgan fingerprint density at radius 2 is 2.16 bits per heavy atom. The number of nitrogens with zero attached hydrogens (tertiary/aromatic N) is 2. The number of methoxy groups -OCH3 is 1. The van der Waals surface area contributed by atoms with Gasteiger partial charge in [-0.3, -0.25) is 4.90 Å². The third-order valence-electron chi connectivity index (χ3n) is 3.69. The van der Waals surface area contributed by atoms with Crippen LogP contribution in [0.5, 0.6) is 5.88 Å². The first kappa shape index (κ1) is 13.3. The molecule has 2 fully saturated rings. The van der Waals surface area contributed by atoms with Crippen LogP contribution in [0.15, 0.2) is 16.7 Å². The predicted octanol–water partition coefficient (Wildman–Crippen LogP) is 1.55. The number of rotatable bonds is 3. The summed E-state index contributed by atoms with van der Waals surface area (Å²) >= 11 is 3.35. The highest BCUT2D eigenvalue weighted by molar-refractivity contribution is 9.10. The number of hydrogen-bond acceptors (Lipinski definition) is 5. The average molecular weight is 328 g/mol. The molecule has 2 saturated heterocycles. The van der Waals surface area contributed by atoms with Crippen LogP contribution in [0.25, 0.3) is 0 Å². The third kappa shape index (κ3) is 2.76. The SMILES string of the molecule is COc1nc(Br)ccc1C1CC(N2CCNCC2)O1. The molecule has 2 aliphatic heterocycles. The van der Waals surface area contributed by atoms with Crippen molar-refractivity contribution in [3.63, 3.8) is 0 Å². The van der Waals surface area contributed by atoms with Gasteiger partial charge < -0.3 is 14.8 Å². The van der Waals surface area contributed by atoms with Crippen molar-refractivity contribution in [1.29, 1.82) is 0 Å². The van der Waals surface area contributed by atoms with Crippen molar-refractivity contribution >= 4 is 15.9 Å². The lowest BCUT2D eigenvalue weighted by Gasteiger charge is -2.44. The Balaban J connectivity index is 1.63. The molecular weight excluding hydrogens is 310 g/mol. The summed E-state index contributed by atoms with van der Waals surface area (Å²) in [5.41, 5.74) is 1.04. The summed E-state index contributed by atoms with van der Waals surface area (Å²) in [6.45, 7) is 4.22. The molecule has 0 bridgehead atoms. The van der Waals surface area contributed by atoms with Crippen LogP contribution in [0, 0.1) is 0 Å². The van der Waals surface area contributed by atoms with E-state index in [0.717, 1.165) is 42.8 Å². The lowest BCUT2D eigenvalue weighted by atomic mass is 10.0. The minimum atomic E-state index is 0.107. The van der Waals surface area contributed by atoms with Gasteiger partial charge in [-0.25, -0.2) is 4.98 Å².